The highest BCUT2D eigenvalue weighted by molar-refractivity contribution is 6.32. The van der Waals surface area contributed by atoms with Crippen LogP contribution in [0.1, 0.15) is 33.1 Å². The third-order valence-corrected chi connectivity index (χ3v) is 4.38. The van der Waals surface area contributed by atoms with E-state index in [4.69, 9.17) is 16.3 Å². The quantitative estimate of drug-likeness (QED) is 0.905. The number of hydrogen-bond donors (Lipinski definition) is 1. The van der Waals surface area contributed by atoms with Gasteiger partial charge in [-0.05, 0) is 38.8 Å². The van der Waals surface area contributed by atoms with Gasteiger partial charge in [0.2, 0.25) is 0 Å². The molecule has 0 radical (unpaired) electrons. The van der Waals surface area contributed by atoms with Crippen LogP contribution in [0.4, 0.5) is 0 Å². The standard InChI is InChI=1S/C16H24ClNO2/c1-12-6-5-7-13(2)18(12)10-14(19)11-20-16-9-4-3-8-15(16)17/h3-4,8-9,12-14,19H,5-7,10-11H2,1-2H3/t12-,13-,14+/m1/s1. The lowest BCUT2D eigenvalue weighted by atomic mass is 9.97. The predicted molar refractivity (Wildman–Crippen MR) is 82.4 cm³/mol. The molecule has 0 spiro atoms. The Morgan fingerprint density at radius 3 is 2.60 bits per heavy atom. The number of aliphatic hydroxyl groups is 1. The zero-order chi connectivity index (χ0) is 14.5. The van der Waals surface area contributed by atoms with Gasteiger partial charge in [-0.1, -0.05) is 30.2 Å². The molecule has 3 nitrogen and oxygen atoms in total. The number of β-amino-alcohol motifs (C(OH)–C–C–N with tert-alkyl or cyclic N) is 1. The zero-order valence-electron chi connectivity index (χ0n) is 12.3. The molecule has 1 aromatic carbocycles. The number of rotatable bonds is 5. The highest BCUT2D eigenvalue weighted by atomic mass is 35.5. The van der Waals surface area contributed by atoms with Crippen molar-refractivity contribution in [3.63, 3.8) is 0 Å². The van der Waals surface area contributed by atoms with Gasteiger partial charge in [0.05, 0.1) is 5.02 Å². The first-order valence-corrected chi connectivity index (χ1v) is 7.77. The molecule has 0 aliphatic carbocycles. The minimum Gasteiger partial charge on any atom is -0.489 e. The lowest BCUT2D eigenvalue weighted by Gasteiger charge is -2.40. The van der Waals surface area contributed by atoms with Gasteiger partial charge in [0, 0.05) is 18.6 Å². The van der Waals surface area contributed by atoms with Crippen molar-refractivity contribution in [3.05, 3.63) is 29.3 Å². The van der Waals surface area contributed by atoms with Crippen molar-refractivity contribution >= 4 is 11.6 Å². The van der Waals surface area contributed by atoms with Crippen molar-refractivity contribution in [2.24, 2.45) is 0 Å². The summed E-state index contributed by atoms with van der Waals surface area (Å²) in [5.41, 5.74) is 0. The van der Waals surface area contributed by atoms with Crippen molar-refractivity contribution in [2.75, 3.05) is 13.2 Å². The summed E-state index contributed by atoms with van der Waals surface area (Å²) in [6.07, 6.45) is 3.21. The van der Waals surface area contributed by atoms with Gasteiger partial charge in [0.25, 0.3) is 0 Å². The highest BCUT2D eigenvalue weighted by Crippen LogP contribution is 2.24. The van der Waals surface area contributed by atoms with Crippen molar-refractivity contribution in [1.82, 2.24) is 4.90 Å². The van der Waals surface area contributed by atoms with Crippen molar-refractivity contribution in [3.8, 4) is 5.75 Å². The molecule has 0 bridgehead atoms. The van der Waals surface area contributed by atoms with Crippen LogP contribution in [0.5, 0.6) is 5.75 Å². The first kappa shape index (κ1) is 15.6. The molecule has 1 N–H and O–H groups in total. The SMILES string of the molecule is C[C@@H]1CCC[C@@H](C)N1C[C@H](O)COc1ccccc1Cl. The molecule has 1 aliphatic heterocycles. The van der Waals surface area contributed by atoms with Crippen LogP contribution >= 0.6 is 11.6 Å². The van der Waals surface area contributed by atoms with Crippen LogP contribution in [0.2, 0.25) is 5.02 Å². The average Bonchev–Trinajstić information content (AvgIpc) is 2.42. The number of piperidine rings is 1. The van der Waals surface area contributed by atoms with E-state index >= 15 is 0 Å². The van der Waals surface area contributed by atoms with Crippen LogP contribution in [-0.2, 0) is 0 Å². The molecule has 3 atom stereocenters. The predicted octanol–water partition coefficient (Wildman–Crippen LogP) is 3.34. The topological polar surface area (TPSA) is 32.7 Å². The molecule has 1 fully saturated rings. The van der Waals surface area contributed by atoms with E-state index < -0.39 is 6.10 Å². The second-order valence-electron chi connectivity index (χ2n) is 5.72. The Balaban J connectivity index is 1.83. The summed E-state index contributed by atoms with van der Waals surface area (Å²) in [6, 6.07) is 8.42. The molecular formula is C16H24ClNO2. The number of aliphatic hydroxyl groups excluding tert-OH is 1. The molecule has 1 aliphatic rings. The van der Waals surface area contributed by atoms with Crippen molar-refractivity contribution in [1.29, 1.82) is 0 Å². The number of para-hydroxylation sites is 1. The second kappa shape index (κ2) is 7.30. The van der Waals surface area contributed by atoms with E-state index in [0.717, 1.165) is 0 Å². The number of likely N-dealkylation sites (tertiary alicyclic amines) is 1. The van der Waals surface area contributed by atoms with E-state index in [2.05, 4.69) is 18.7 Å². The van der Waals surface area contributed by atoms with Crippen LogP contribution < -0.4 is 4.74 Å². The fourth-order valence-corrected chi connectivity index (χ4v) is 3.07. The summed E-state index contributed by atoms with van der Waals surface area (Å²) in [6.45, 7) is 5.40. The number of hydrogen-bond acceptors (Lipinski definition) is 3. The largest absolute Gasteiger partial charge is 0.489 e. The van der Waals surface area contributed by atoms with Gasteiger partial charge >= 0.3 is 0 Å². The normalized spacial score (nSPS) is 25.4. The number of ether oxygens (including phenoxy) is 1. The van der Waals surface area contributed by atoms with Gasteiger partial charge in [0.15, 0.2) is 0 Å². The maximum absolute atomic E-state index is 10.2. The Morgan fingerprint density at radius 2 is 1.95 bits per heavy atom. The molecule has 20 heavy (non-hydrogen) atoms. The summed E-state index contributed by atoms with van der Waals surface area (Å²) >= 11 is 6.03. The third-order valence-electron chi connectivity index (χ3n) is 4.07. The first-order valence-electron chi connectivity index (χ1n) is 7.39. The summed E-state index contributed by atoms with van der Waals surface area (Å²) in [5, 5.41) is 10.8. The average molecular weight is 298 g/mol. The summed E-state index contributed by atoms with van der Waals surface area (Å²) in [4.78, 5) is 2.38. The Bertz CT molecular complexity index is 417. The fraction of sp³-hybridized carbons (Fsp3) is 0.625. The monoisotopic (exact) mass is 297 g/mol. The Labute approximate surface area is 126 Å². The van der Waals surface area contributed by atoms with E-state index in [9.17, 15) is 5.11 Å². The van der Waals surface area contributed by atoms with Gasteiger partial charge < -0.3 is 9.84 Å². The Morgan fingerprint density at radius 1 is 1.30 bits per heavy atom. The van der Waals surface area contributed by atoms with Crippen molar-refractivity contribution < 1.29 is 9.84 Å². The number of halogens is 1. The number of nitrogens with zero attached hydrogens (tertiary/aromatic N) is 1. The molecule has 1 saturated heterocycles. The zero-order valence-corrected chi connectivity index (χ0v) is 13.0. The van der Waals surface area contributed by atoms with Crippen molar-refractivity contribution in [2.45, 2.75) is 51.3 Å². The van der Waals surface area contributed by atoms with Crippen LogP contribution in [0.25, 0.3) is 0 Å². The fourth-order valence-electron chi connectivity index (χ4n) is 2.88. The third kappa shape index (κ3) is 4.11. The molecule has 112 valence electrons. The van der Waals surface area contributed by atoms with Crippen LogP contribution in [-0.4, -0.2) is 41.3 Å². The van der Waals surface area contributed by atoms with E-state index in [0.29, 0.717) is 29.4 Å². The molecule has 4 heteroatoms. The molecule has 0 amide bonds. The minimum absolute atomic E-state index is 0.277. The molecule has 1 heterocycles. The lowest BCUT2D eigenvalue weighted by Crippen LogP contribution is -2.48. The summed E-state index contributed by atoms with van der Waals surface area (Å²) < 4.78 is 5.60. The van der Waals surface area contributed by atoms with Gasteiger partial charge in [-0.3, -0.25) is 4.90 Å². The van der Waals surface area contributed by atoms with Crippen LogP contribution in [0.15, 0.2) is 24.3 Å². The Hall–Kier alpha value is -0.770. The maximum atomic E-state index is 10.2. The van der Waals surface area contributed by atoms with Gasteiger partial charge in [-0.15, -0.1) is 0 Å². The van der Waals surface area contributed by atoms with Gasteiger partial charge in [0.1, 0.15) is 18.5 Å². The Kier molecular flexibility index (Phi) is 5.70. The molecule has 0 unspecified atom stereocenters. The smallest absolute Gasteiger partial charge is 0.138 e. The highest BCUT2D eigenvalue weighted by Gasteiger charge is 2.26. The lowest BCUT2D eigenvalue weighted by molar-refractivity contribution is 0.0209. The van der Waals surface area contributed by atoms with Gasteiger partial charge in [-0.25, -0.2) is 0 Å². The molecule has 1 aromatic rings. The maximum Gasteiger partial charge on any atom is 0.138 e. The van der Waals surface area contributed by atoms with Gasteiger partial charge in [-0.2, -0.15) is 0 Å². The first-order chi connectivity index (χ1) is 9.58. The number of benzene rings is 1. The molecule has 2 rings (SSSR count). The second-order valence-corrected chi connectivity index (χ2v) is 6.13. The van der Waals surface area contributed by atoms with E-state index in [1.54, 1.807) is 6.07 Å². The minimum atomic E-state index is -0.491. The molecule has 0 saturated carbocycles. The van der Waals surface area contributed by atoms with E-state index in [1.165, 1.54) is 19.3 Å². The summed E-state index contributed by atoms with van der Waals surface area (Å²) in [7, 11) is 0. The van der Waals surface area contributed by atoms with Crippen LogP contribution in [0.3, 0.4) is 0 Å². The summed E-state index contributed by atoms with van der Waals surface area (Å²) in [5.74, 6) is 0.632. The van der Waals surface area contributed by atoms with E-state index in [-0.39, 0.29) is 6.61 Å². The van der Waals surface area contributed by atoms with E-state index in [1.807, 2.05) is 18.2 Å². The molecule has 0 aromatic heterocycles. The molecular weight excluding hydrogens is 274 g/mol. The van der Waals surface area contributed by atoms with Crippen LogP contribution in [0, 0.1) is 0 Å².